The molecule has 0 aromatic rings. The molecule has 1 heterocycles. The number of esters is 1. The van der Waals surface area contributed by atoms with E-state index >= 15 is 0 Å². The van der Waals surface area contributed by atoms with E-state index in [1.807, 2.05) is 0 Å². The fourth-order valence-corrected chi connectivity index (χ4v) is 1.86. The normalized spacial score (nSPS) is 26.0. The van der Waals surface area contributed by atoms with E-state index in [4.69, 9.17) is 5.11 Å². The highest BCUT2D eigenvalue weighted by Crippen LogP contribution is 2.49. The summed E-state index contributed by atoms with van der Waals surface area (Å²) in [6.45, 7) is -1.93. The minimum atomic E-state index is -6.09. The summed E-state index contributed by atoms with van der Waals surface area (Å²) in [4.78, 5) is 11.5. The summed E-state index contributed by atoms with van der Waals surface area (Å²) in [6, 6.07) is 0. The van der Waals surface area contributed by atoms with Crippen LogP contribution >= 0.6 is 0 Å². The van der Waals surface area contributed by atoms with Crippen molar-refractivity contribution in [2.24, 2.45) is 0 Å². The largest absolute Gasteiger partial charge is 0.743 e. The second-order valence-electron chi connectivity index (χ2n) is 5.16. The molecule has 1 N–H and O–H groups in total. The summed E-state index contributed by atoms with van der Waals surface area (Å²) in [7, 11) is -6.09. The lowest BCUT2D eigenvalue weighted by molar-refractivity contribution is -0.405. The quantitative estimate of drug-likeness (QED) is 0.266. The van der Waals surface area contributed by atoms with Gasteiger partial charge in [-0.15, -0.1) is 0 Å². The van der Waals surface area contributed by atoms with Crippen molar-refractivity contribution in [2.75, 3.05) is 19.8 Å². The molecule has 8 nitrogen and oxygen atoms in total. The number of carbonyl (C=O) groups is 1. The van der Waals surface area contributed by atoms with Crippen LogP contribution in [0.3, 0.4) is 0 Å². The molecule has 158 valence electrons. The van der Waals surface area contributed by atoms with E-state index in [1.165, 1.54) is 0 Å². The molecule has 0 bridgehead atoms. The van der Waals surface area contributed by atoms with Crippen LogP contribution in [0, 0.1) is 0 Å². The van der Waals surface area contributed by atoms with Crippen molar-refractivity contribution < 1.29 is 67.8 Å². The van der Waals surface area contributed by atoms with E-state index in [0.29, 0.717) is 0 Å². The number of halogens is 7. The Labute approximate surface area is 146 Å². The summed E-state index contributed by atoms with van der Waals surface area (Å²) in [6.07, 6.45) is -8.84. The summed E-state index contributed by atoms with van der Waals surface area (Å²) in [5.74, 6) is -11.9. The van der Waals surface area contributed by atoms with Crippen molar-refractivity contribution in [1.29, 1.82) is 0 Å². The zero-order valence-corrected chi connectivity index (χ0v) is 13.6. The lowest BCUT2D eigenvalue weighted by atomic mass is 10.1. The first-order chi connectivity index (χ1) is 11.9. The molecule has 0 amide bonds. The average molecular weight is 435 g/mol. The number of hydrogen-bond acceptors (Lipinski definition) is 8. The molecular weight excluding hydrogens is 425 g/mol. The molecule has 1 aliphatic heterocycles. The van der Waals surface area contributed by atoms with Crippen molar-refractivity contribution in [3.8, 4) is 0 Å². The molecule has 2 atom stereocenters. The van der Waals surface area contributed by atoms with Gasteiger partial charge in [-0.05, 0) is 0 Å². The Morgan fingerprint density at radius 3 is 2.22 bits per heavy atom. The van der Waals surface area contributed by atoms with Crippen LogP contribution in [0.25, 0.3) is 0 Å². The molecular formula is C11H10F7O8S-. The maximum Gasteiger partial charge on any atom is 0.449 e. The minimum Gasteiger partial charge on any atom is -0.743 e. The monoisotopic (exact) mass is 435 g/mol. The third-order valence-electron chi connectivity index (χ3n) is 3.13. The SMILES string of the molecule is C=C(COCC(F)(F)S(=O)(=O)[O-])C(=O)OC1COC(O)(C(F)(F)F)C1(F)F. The Bertz CT molecular complexity index is 704. The third kappa shape index (κ3) is 4.50. The van der Waals surface area contributed by atoms with Gasteiger partial charge in [-0.3, -0.25) is 0 Å². The van der Waals surface area contributed by atoms with Crippen LogP contribution in [-0.4, -0.2) is 73.1 Å². The summed E-state index contributed by atoms with van der Waals surface area (Å²) in [5, 5.41) is 4.11. The predicted octanol–water partition coefficient (Wildman–Crippen LogP) is 0.525. The van der Waals surface area contributed by atoms with E-state index in [-0.39, 0.29) is 0 Å². The highest BCUT2D eigenvalue weighted by Gasteiger charge is 2.78. The first kappa shape index (κ1) is 23.5. The lowest BCUT2D eigenvalue weighted by Crippen LogP contribution is -2.59. The van der Waals surface area contributed by atoms with Crippen molar-refractivity contribution in [3.05, 3.63) is 12.2 Å². The van der Waals surface area contributed by atoms with Gasteiger partial charge >= 0.3 is 29.1 Å². The number of alkyl halides is 7. The fourth-order valence-electron chi connectivity index (χ4n) is 1.63. The summed E-state index contributed by atoms with van der Waals surface area (Å²) in [5.41, 5.74) is -0.979. The van der Waals surface area contributed by atoms with E-state index in [9.17, 15) is 48.5 Å². The van der Waals surface area contributed by atoms with Crippen molar-refractivity contribution >= 4 is 16.1 Å². The minimum absolute atomic E-state index is 0.979. The van der Waals surface area contributed by atoms with Crippen LogP contribution in [0.2, 0.25) is 0 Å². The Kier molecular flexibility index (Phi) is 6.24. The molecule has 2 unspecified atom stereocenters. The first-order valence-electron chi connectivity index (χ1n) is 6.47. The van der Waals surface area contributed by atoms with Crippen LogP contribution in [0.4, 0.5) is 30.7 Å². The van der Waals surface area contributed by atoms with Crippen LogP contribution in [0.1, 0.15) is 0 Å². The topological polar surface area (TPSA) is 122 Å². The van der Waals surface area contributed by atoms with Gasteiger partial charge in [-0.1, -0.05) is 6.58 Å². The summed E-state index contributed by atoms with van der Waals surface area (Å²) < 4.78 is 133. The van der Waals surface area contributed by atoms with E-state index in [0.717, 1.165) is 0 Å². The number of aliphatic hydroxyl groups is 1. The zero-order chi connectivity index (χ0) is 21.5. The Balaban J connectivity index is 2.68. The first-order valence-corrected chi connectivity index (χ1v) is 7.88. The molecule has 0 saturated carbocycles. The molecule has 16 heteroatoms. The molecule has 1 saturated heterocycles. The second-order valence-corrected chi connectivity index (χ2v) is 6.66. The van der Waals surface area contributed by atoms with Gasteiger partial charge in [0.25, 0.3) is 0 Å². The number of rotatable bonds is 7. The fraction of sp³-hybridized carbons (Fsp3) is 0.727. The van der Waals surface area contributed by atoms with Crippen LogP contribution in [0.5, 0.6) is 0 Å². The van der Waals surface area contributed by atoms with Crippen LogP contribution < -0.4 is 0 Å². The number of hydrogen-bond donors (Lipinski definition) is 1. The standard InChI is InChI=1S/C11H11F7O8S/c1-5(2-24-4-8(12,13)27(21,22)23)7(19)26-6-3-25-10(20,9(6,14)15)11(16,17)18/h6,20H,1-4H2,(H,21,22,23)/p-1. The number of carbonyl (C=O) groups excluding carboxylic acids is 1. The van der Waals surface area contributed by atoms with Gasteiger partial charge in [-0.2, -0.15) is 30.7 Å². The zero-order valence-electron chi connectivity index (χ0n) is 12.8. The van der Waals surface area contributed by atoms with Gasteiger partial charge in [0.1, 0.15) is 6.61 Å². The van der Waals surface area contributed by atoms with Crippen LogP contribution in [-0.2, 0) is 29.1 Å². The highest BCUT2D eigenvalue weighted by atomic mass is 32.2. The van der Waals surface area contributed by atoms with Crippen LogP contribution in [0.15, 0.2) is 12.2 Å². The Morgan fingerprint density at radius 1 is 1.30 bits per heavy atom. The van der Waals surface area contributed by atoms with Gasteiger partial charge in [0.15, 0.2) is 16.2 Å². The second kappa shape index (κ2) is 7.16. The molecule has 27 heavy (non-hydrogen) atoms. The third-order valence-corrected chi connectivity index (χ3v) is 3.98. The number of ether oxygens (including phenoxy) is 3. The molecule has 0 aromatic carbocycles. The highest BCUT2D eigenvalue weighted by molar-refractivity contribution is 7.86. The van der Waals surface area contributed by atoms with Gasteiger partial charge in [-0.25, -0.2) is 13.2 Å². The maximum absolute atomic E-state index is 13.7. The smallest absolute Gasteiger partial charge is 0.449 e. The van der Waals surface area contributed by atoms with E-state index in [2.05, 4.69) is 20.8 Å². The average Bonchev–Trinajstić information content (AvgIpc) is 2.69. The van der Waals surface area contributed by atoms with Crippen molar-refractivity contribution in [3.63, 3.8) is 0 Å². The molecule has 1 rings (SSSR count). The van der Waals surface area contributed by atoms with E-state index in [1.54, 1.807) is 0 Å². The van der Waals surface area contributed by atoms with Gasteiger partial charge in [0.2, 0.25) is 0 Å². The van der Waals surface area contributed by atoms with E-state index < -0.39 is 70.7 Å². The summed E-state index contributed by atoms with van der Waals surface area (Å²) >= 11 is 0. The lowest BCUT2D eigenvalue weighted by Gasteiger charge is -2.31. The molecule has 0 aromatic heterocycles. The van der Waals surface area contributed by atoms with Gasteiger partial charge < -0.3 is 23.9 Å². The molecule has 1 fully saturated rings. The van der Waals surface area contributed by atoms with Crippen molar-refractivity contribution in [2.45, 2.75) is 29.2 Å². The maximum atomic E-state index is 13.7. The van der Waals surface area contributed by atoms with Crippen molar-refractivity contribution in [1.82, 2.24) is 0 Å². The molecule has 0 spiro atoms. The molecule has 1 aliphatic rings. The Morgan fingerprint density at radius 2 is 1.81 bits per heavy atom. The molecule has 0 aliphatic carbocycles. The Hall–Kier alpha value is -1.49. The van der Waals surface area contributed by atoms with Gasteiger partial charge in [0.05, 0.1) is 18.8 Å². The molecule has 0 radical (unpaired) electrons. The van der Waals surface area contributed by atoms with Gasteiger partial charge in [0, 0.05) is 0 Å². The predicted molar refractivity (Wildman–Crippen MR) is 66.4 cm³/mol.